The van der Waals surface area contributed by atoms with Crippen molar-refractivity contribution in [3.63, 3.8) is 0 Å². The van der Waals surface area contributed by atoms with E-state index in [1.54, 1.807) is 12.4 Å². The number of benzene rings is 1. The average molecular weight is 433 g/mol. The van der Waals surface area contributed by atoms with Crippen molar-refractivity contribution >= 4 is 38.6 Å². The lowest BCUT2D eigenvalue weighted by atomic mass is 10.1. The molecule has 3 heterocycles. The number of anilines is 1. The van der Waals surface area contributed by atoms with Crippen LogP contribution in [0.1, 0.15) is 10.4 Å². The van der Waals surface area contributed by atoms with Crippen LogP contribution in [-0.4, -0.2) is 47.0 Å². The predicted octanol–water partition coefficient (Wildman–Crippen LogP) is 3.63. The standard InChI is InChI=1S/C19H15BrF2N4O/c20-12-10-15-18(24-11-12)16(4-5-23-15)25-6-8-26(9-7-25)19(27)17-13(21)2-1-3-14(17)22/h1-5,10-11H,6-9H2. The average Bonchev–Trinajstić information content (AvgIpc) is 2.67. The van der Waals surface area contributed by atoms with Gasteiger partial charge in [-0.25, -0.2) is 8.78 Å². The van der Waals surface area contributed by atoms with E-state index >= 15 is 0 Å². The number of aromatic nitrogens is 2. The predicted molar refractivity (Wildman–Crippen MR) is 102 cm³/mol. The summed E-state index contributed by atoms with van der Waals surface area (Å²) in [6.45, 7) is 1.82. The van der Waals surface area contributed by atoms with Crippen LogP contribution in [0.25, 0.3) is 11.0 Å². The van der Waals surface area contributed by atoms with Crippen molar-refractivity contribution in [2.24, 2.45) is 0 Å². The van der Waals surface area contributed by atoms with Crippen LogP contribution in [0.2, 0.25) is 0 Å². The normalized spacial score (nSPS) is 14.6. The lowest BCUT2D eigenvalue weighted by molar-refractivity contribution is 0.0737. The number of pyridine rings is 2. The fourth-order valence-corrected chi connectivity index (χ4v) is 3.58. The van der Waals surface area contributed by atoms with Gasteiger partial charge >= 0.3 is 0 Å². The van der Waals surface area contributed by atoms with Crippen LogP contribution in [0, 0.1) is 11.6 Å². The topological polar surface area (TPSA) is 49.3 Å². The van der Waals surface area contributed by atoms with E-state index < -0.39 is 23.1 Å². The molecule has 1 aromatic carbocycles. The molecule has 0 aliphatic carbocycles. The highest BCUT2D eigenvalue weighted by Gasteiger charge is 2.27. The number of piperazine rings is 1. The summed E-state index contributed by atoms with van der Waals surface area (Å²) in [5, 5.41) is 0. The van der Waals surface area contributed by atoms with Gasteiger partial charge in [-0.3, -0.25) is 14.8 Å². The molecule has 5 nitrogen and oxygen atoms in total. The fraction of sp³-hybridized carbons (Fsp3) is 0.211. The molecule has 0 radical (unpaired) electrons. The molecule has 138 valence electrons. The molecule has 3 aromatic rings. The first-order valence-electron chi connectivity index (χ1n) is 8.43. The van der Waals surface area contributed by atoms with Crippen LogP contribution in [0.15, 0.2) is 47.2 Å². The number of carbonyl (C=O) groups excluding carboxylic acids is 1. The van der Waals surface area contributed by atoms with Crippen molar-refractivity contribution in [2.75, 3.05) is 31.1 Å². The zero-order valence-electron chi connectivity index (χ0n) is 14.2. The number of hydrogen-bond acceptors (Lipinski definition) is 4. The van der Waals surface area contributed by atoms with Gasteiger partial charge in [0.05, 0.1) is 11.2 Å². The highest BCUT2D eigenvalue weighted by molar-refractivity contribution is 9.10. The number of amides is 1. The molecule has 1 aliphatic heterocycles. The first-order valence-corrected chi connectivity index (χ1v) is 9.22. The Hall–Kier alpha value is -2.61. The number of nitrogens with zero attached hydrogens (tertiary/aromatic N) is 4. The zero-order chi connectivity index (χ0) is 19.0. The molecule has 0 saturated carbocycles. The van der Waals surface area contributed by atoms with E-state index in [0.29, 0.717) is 26.2 Å². The molecule has 4 rings (SSSR count). The van der Waals surface area contributed by atoms with E-state index in [9.17, 15) is 13.6 Å². The second kappa shape index (κ2) is 7.19. The van der Waals surface area contributed by atoms with Crippen molar-refractivity contribution in [1.82, 2.24) is 14.9 Å². The number of carbonyl (C=O) groups is 1. The van der Waals surface area contributed by atoms with Crippen molar-refractivity contribution in [2.45, 2.75) is 0 Å². The van der Waals surface area contributed by atoms with Crippen LogP contribution >= 0.6 is 15.9 Å². The second-order valence-electron chi connectivity index (χ2n) is 6.23. The summed E-state index contributed by atoms with van der Waals surface area (Å²) in [7, 11) is 0. The van der Waals surface area contributed by atoms with Crippen molar-refractivity contribution in [1.29, 1.82) is 0 Å². The van der Waals surface area contributed by atoms with Crippen LogP contribution in [0.5, 0.6) is 0 Å². The van der Waals surface area contributed by atoms with Gasteiger partial charge in [-0.15, -0.1) is 0 Å². The third-order valence-corrected chi connectivity index (χ3v) is 5.04. The van der Waals surface area contributed by atoms with Crippen LogP contribution < -0.4 is 4.90 Å². The monoisotopic (exact) mass is 432 g/mol. The van der Waals surface area contributed by atoms with Gasteiger partial charge in [-0.1, -0.05) is 6.07 Å². The molecule has 0 unspecified atom stereocenters. The number of halogens is 3. The molecule has 1 amide bonds. The summed E-state index contributed by atoms with van der Waals surface area (Å²) in [5.41, 5.74) is 1.98. The molecule has 0 bridgehead atoms. The van der Waals surface area contributed by atoms with E-state index in [0.717, 1.165) is 33.3 Å². The molecular weight excluding hydrogens is 418 g/mol. The van der Waals surface area contributed by atoms with Crippen molar-refractivity contribution in [3.05, 3.63) is 64.4 Å². The fourth-order valence-electron chi connectivity index (χ4n) is 3.26. The first-order chi connectivity index (χ1) is 13.0. The molecule has 0 N–H and O–H groups in total. The van der Waals surface area contributed by atoms with E-state index in [-0.39, 0.29) is 0 Å². The van der Waals surface area contributed by atoms with Gasteiger partial charge in [0.2, 0.25) is 0 Å². The maximum atomic E-state index is 13.9. The summed E-state index contributed by atoms with van der Waals surface area (Å²) >= 11 is 3.39. The Balaban J connectivity index is 1.54. The molecule has 27 heavy (non-hydrogen) atoms. The Kier molecular flexibility index (Phi) is 4.73. The van der Waals surface area contributed by atoms with Gasteiger partial charge < -0.3 is 9.80 Å². The quantitative estimate of drug-likeness (QED) is 0.620. The van der Waals surface area contributed by atoms with Crippen LogP contribution in [0.4, 0.5) is 14.5 Å². The smallest absolute Gasteiger partial charge is 0.259 e. The first kappa shape index (κ1) is 17.8. The minimum absolute atomic E-state index is 0.368. The Morgan fingerprint density at radius 2 is 1.74 bits per heavy atom. The molecule has 0 spiro atoms. The summed E-state index contributed by atoms with van der Waals surface area (Å²) in [4.78, 5) is 24.9. The Morgan fingerprint density at radius 3 is 2.44 bits per heavy atom. The van der Waals surface area contributed by atoms with E-state index in [2.05, 4.69) is 30.8 Å². The molecule has 0 atom stereocenters. The maximum absolute atomic E-state index is 13.9. The second-order valence-corrected chi connectivity index (χ2v) is 7.14. The van der Waals surface area contributed by atoms with Gasteiger partial charge in [0, 0.05) is 43.0 Å². The molecule has 2 aromatic heterocycles. The summed E-state index contributed by atoms with van der Waals surface area (Å²) in [6, 6.07) is 7.22. The van der Waals surface area contributed by atoms with Gasteiger partial charge in [0.1, 0.15) is 22.7 Å². The third kappa shape index (κ3) is 3.37. The van der Waals surface area contributed by atoms with E-state index in [1.807, 2.05) is 12.1 Å². The van der Waals surface area contributed by atoms with Crippen molar-refractivity contribution < 1.29 is 13.6 Å². The summed E-state index contributed by atoms with van der Waals surface area (Å²) < 4.78 is 28.6. The lowest BCUT2D eigenvalue weighted by Gasteiger charge is -2.36. The highest BCUT2D eigenvalue weighted by Crippen LogP contribution is 2.26. The lowest BCUT2D eigenvalue weighted by Crippen LogP contribution is -2.49. The van der Waals surface area contributed by atoms with E-state index in [1.165, 1.54) is 11.0 Å². The zero-order valence-corrected chi connectivity index (χ0v) is 15.8. The Bertz CT molecular complexity index is 1000. The van der Waals surface area contributed by atoms with Crippen LogP contribution in [-0.2, 0) is 0 Å². The SMILES string of the molecule is O=C(c1c(F)cccc1F)N1CCN(c2ccnc3cc(Br)cnc23)CC1. The number of fused-ring (bicyclic) bond motifs is 1. The largest absolute Gasteiger partial charge is 0.366 e. The summed E-state index contributed by atoms with van der Waals surface area (Å²) in [6.07, 6.45) is 3.44. The van der Waals surface area contributed by atoms with Gasteiger partial charge in [-0.2, -0.15) is 0 Å². The maximum Gasteiger partial charge on any atom is 0.259 e. The van der Waals surface area contributed by atoms with E-state index in [4.69, 9.17) is 0 Å². The van der Waals surface area contributed by atoms with Crippen LogP contribution in [0.3, 0.4) is 0 Å². The van der Waals surface area contributed by atoms with Gasteiger partial charge in [0.15, 0.2) is 0 Å². The summed E-state index contributed by atoms with van der Waals surface area (Å²) in [5.74, 6) is -2.29. The molecule has 1 aliphatic rings. The molecule has 1 saturated heterocycles. The molecule has 8 heteroatoms. The Labute approximate surface area is 162 Å². The molecule has 1 fully saturated rings. The van der Waals surface area contributed by atoms with Gasteiger partial charge in [-0.05, 0) is 40.2 Å². The molecular formula is C19H15BrF2N4O. The number of hydrogen-bond donors (Lipinski definition) is 0. The third-order valence-electron chi connectivity index (χ3n) is 4.61. The minimum atomic E-state index is -0.836. The van der Waals surface area contributed by atoms with Gasteiger partial charge in [0.25, 0.3) is 5.91 Å². The van der Waals surface area contributed by atoms with Crippen molar-refractivity contribution in [3.8, 4) is 0 Å². The number of rotatable bonds is 2. The Morgan fingerprint density at radius 1 is 1.04 bits per heavy atom. The highest BCUT2D eigenvalue weighted by atomic mass is 79.9. The minimum Gasteiger partial charge on any atom is -0.366 e.